The highest BCUT2D eigenvalue weighted by Gasteiger charge is 2.40. The van der Waals surface area contributed by atoms with Crippen LogP contribution in [0.25, 0.3) is 0 Å². The molecule has 0 amide bonds. The van der Waals surface area contributed by atoms with Crippen LogP contribution in [0.15, 0.2) is 5.38 Å². The Kier molecular flexibility index (Phi) is 3.59. The minimum Gasteiger partial charge on any atom is -0.319 e. The van der Waals surface area contributed by atoms with Gasteiger partial charge < -0.3 is 5.73 Å². The Bertz CT molecular complexity index is 398. The number of thiazole rings is 1. The fourth-order valence-corrected chi connectivity index (χ4v) is 4.93. The standard InChI is InChI=1S/C13H22N2S2/c1-9(2)10-5-17-11(15-10)13(14)6-12(3,4)7-16-8-13/h5,9H,6-8,14H2,1-4H3. The van der Waals surface area contributed by atoms with Gasteiger partial charge in [0.05, 0.1) is 11.2 Å². The van der Waals surface area contributed by atoms with Crippen LogP contribution in [0.3, 0.4) is 0 Å². The summed E-state index contributed by atoms with van der Waals surface area (Å²) >= 11 is 3.70. The van der Waals surface area contributed by atoms with Crippen LogP contribution >= 0.6 is 23.1 Å². The van der Waals surface area contributed by atoms with Gasteiger partial charge in [0.2, 0.25) is 0 Å². The predicted molar refractivity (Wildman–Crippen MR) is 77.8 cm³/mol. The van der Waals surface area contributed by atoms with Crippen molar-refractivity contribution in [3.05, 3.63) is 16.1 Å². The number of aromatic nitrogens is 1. The third kappa shape index (κ3) is 2.85. The van der Waals surface area contributed by atoms with Crippen molar-refractivity contribution in [3.63, 3.8) is 0 Å². The molecule has 1 aromatic rings. The Morgan fingerprint density at radius 2 is 2.06 bits per heavy atom. The Morgan fingerprint density at radius 1 is 1.35 bits per heavy atom. The van der Waals surface area contributed by atoms with Crippen molar-refractivity contribution in [2.75, 3.05) is 11.5 Å². The normalized spacial score (nSPS) is 28.6. The molecular weight excluding hydrogens is 248 g/mol. The molecule has 4 heteroatoms. The molecule has 2 rings (SSSR count). The molecule has 0 aromatic carbocycles. The van der Waals surface area contributed by atoms with Crippen LogP contribution in [0.5, 0.6) is 0 Å². The van der Waals surface area contributed by atoms with E-state index in [-0.39, 0.29) is 5.54 Å². The Morgan fingerprint density at radius 3 is 2.59 bits per heavy atom. The number of hydrogen-bond acceptors (Lipinski definition) is 4. The van der Waals surface area contributed by atoms with E-state index in [0.29, 0.717) is 11.3 Å². The van der Waals surface area contributed by atoms with E-state index in [2.05, 4.69) is 33.1 Å². The summed E-state index contributed by atoms with van der Waals surface area (Å²) < 4.78 is 0. The third-order valence-corrected chi connectivity index (χ3v) is 5.97. The summed E-state index contributed by atoms with van der Waals surface area (Å²) in [5.74, 6) is 2.70. The zero-order valence-corrected chi connectivity index (χ0v) is 12.8. The van der Waals surface area contributed by atoms with E-state index in [1.54, 1.807) is 11.3 Å². The van der Waals surface area contributed by atoms with Crippen molar-refractivity contribution in [1.29, 1.82) is 0 Å². The number of thioether (sulfide) groups is 1. The van der Waals surface area contributed by atoms with E-state index in [0.717, 1.165) is 17.2 Å². The zero-order valence-electron chi connectivity index (χ0n) is 11.1. The van der Waals surface area contributed by atoms with Crippen LogP contribution < -0.4 is 5.73 Å². The van der Waals surface area contributed by atoms with Crippen molar-refractivity contribution in [3.8, 4) is 0 Å². The number of nitrogens with zero attached hydrogens (tertiary/aromatic N) is 1. The van der Waals surface area contributed by atoms with Gasteiger partial charge in [-0.2, -0.15) is 11.8 Å². The van der Waals surface area contributed by atoms with Crippen molar-refractivity contribution in [1.82, 2.24) is 4.98 Å². The minimum absolute atomic E-state index is 0.218. The molecule has 0 bridgehead atoms. The fraction of sp³-hybridized carbons (Fsp3) is 0.769. The van der Waals surface area contributed by atoms with Gasteiger partial charge in [0.1, 0.15) is 5.01 Å². The van der Waals surface area contributed by atoms with E-state index in [1.807, 2.05) is 11.8 Å². The van der Waals surface area contributed by atoms with Crippen molar-refractivity contribution in [2.45, 2.75) is 45.6 Å². The quantitative estimate of drug-likeness (QED) is 0.892. The maximum absolute atomic E-state index is 6.60. The molecule has 2 N–H and O–H groups in total. The third-order valence-electron chi connectivity index (χ3n) is 3.19. The molecule has 17 heavy (non-hydrogen) atoms. The zero-order chi connectivity index (χ0) is 12.7. The highest BCUT2D eigenvalue weighted by atomic mass is 32.2. The summed E-state index contributed by atoms with van der Waals surface area (Å²) in [7, 11) is 0. The average Bonchev–Trinajstić information content (AvgIpc) is 2.64. The molecule has 0 aliphatic carbocycles. The molecule has 2 nitrogen and oxygen atoms in total. The van der Waals surface area contributed by atoms with E-state index in [1.165, 1.54) is 11.4 Å². The summed E-state index contributed by atoms with van der Waals surface area (Å²) in [5.41, 5.74) is 7.88. The molecule has 0 spiro atoms. The van der Waals surface area contributed by atoms with Gasteiger partial charge in [0.15, 0.2) is 0 Å². The fourth-order valence-electron chi connectivity index (χ4n) is 2.38. The maximum atomic E-state index is 6.60. The van der Waals surface area contributed by atoms with Gasteiger partial charge in [0, 0.05) is 11.1 Å². The summed E-state index contributed by atoms with van der Waals surface area (Å²) in [6, 6.07) is 0. The molecule has 2 heterocycles. The minimum atomic E-state index is -0.218. The molecule has 1 unspecified atom stereocenters. The molecule has 1 atom stereocenters. The summed E-state index contributed by atoms with van der Waals surface area (Å²) in [6.45, 7) is 8.97. The highest BCUT2D eigenvalue weighted by Crippen LogP contribution is 2.43. The largest absolute Gasteiger partial charge is 0.319 e. The average molecular weight is 270 g/mol. The van der Waals surface area contributed by atoms with Gasteiger partial charge in [-0.1, -0.05) is 27.7 Å². The molecule has 1 saturated heterocycles. The topological polar surface area (TPSA) is 38.9 Å². The first-order chi connectivity index (χ1) is 7.82. The number of hydrogen-bond donors (Lipinski definition) is 1. The lowest BCUT2D eigenvalue weighted by molar-refractivity contribution is 0.270. The van der Waals surface area contributed by atoms with Gasteiger partial charge in [-0.15, -0.1) is 11.3 Å². The molecule has 1 aliphatic rings. The SMILES string of the molecule is CC(C)c1csc(C2(N)CSCC(C)(C)C2)n1. The van der Waals surface area contributed by atoms with Crippen LogP contribution in [0.4, 0.5) is 0 Å². The van der Waals surface area contributed by atoms with Crippen molar-refractivity contribution in [2.24, 2.45) is 11.1 Å². The second-order valence-corrected chi connectivity index (χ2v) is 8.07. The van der Waals surface area contributed by atoms with Crippen LogP contribution in [-0.4, -0.2) is 16.5 Å². The first-order valence-electron chi connectivity index (χ1n) is 6.15. The van der Waals surface area contributed by atoms with Crippen molar-refractivity contribution < 1.29 is 0 Å². The first-order valence-corrected chi connectivity index (χ1v) is 8.18. The Hall–Kier alpha value is -0.0600. The Balaban J connectivity index is 2.24. The lowest BCUT2D eigenvalue weighted by Gasteiger charge is -2.40. The summed E-state index contributed by atoms with van der Waals surface area (Å²) in [6.07, 6.45) is 1.04. The number of nitrogens with two attached hydrogens (primary N) is 1. The van der Waals surface area contributed by atoms with Gasteiger partial charge in [-0.3, -0.25) is 0 Å². The smallest absolute Gasteiger partial charge is 0.114 e. The molecule has 0 saturated carbocycles. The second-order valence-electron chi connectivity index (χ2n) is 6.22. The molecule has 1 aromatic heterocycles. The summed E-state index contributed by atoms with van der Waals surface area (Å²) in [5, 5.41) is 3.29. The maximum Gasteiger partial charge on any atom is 0.114 e. The number of rotatable bonds is 2. The molecule has 0 radical (unpaired) electrons. The van der Waals surface area contributed by atoms with Crippen LogP contribution in [-0.2, 0) is 5.54 Å². The van der Waals surface area contributed by atoms with E-state index in [4.69, 9.17) is 10.7 Å². The van der Waals surface area contributed by atoms with E-state index in [9.17, 15) is 0 Å². The highest BCUT2D eigenvalue weighted by molar-refractivity contribution is 7.99. The molecule has 1 aliphatic heterocycles. The monoisotopic (exact) mass is 270 g/mol. The van der Waals surface area contributed by atoms with Crippen LogP contribution in [0.1, 0.15) is 50.7 Å². The van der Waals surface area contributed by atoms with Gasteiger partial charge in [0.25, 0.3) is 0 Å². The molecule has 1 fully saturated rings. The molecular formula is C13H22N2S2. The van der Waals surface area contributed by atoms with Crippen LogP contribution in [0.2, 0.25) is 0 Å². The van der Waals surface area contributed by atoms with Gasteiger partial charge in [-0.25, -0.2) is 4.98 Å². The van der Waals surface area contributed by atoms with Crippen molar-refractivity contribution >= 4 is 23.1 Å². The van der Waals surface area contributed by atoms with E-state index < -0.39 is 0 Å². The predicted octanol–water partition coefficient (Wildman–Crippen LogP) is 3.58. The lowest BCUT2D eigenvalue weighted by atomic mass is 9.80. The van der Waals surface area contributed by atoms with Gasteiger partial charge in [-0.05, 0) is 23.5 Å². The van der Waals surface area contributed by atoms with Crippen LogP contribution in [0, 0.1) is 5.41 Å². The van der Waals surface area contributed by atoms with Gasteiger partial charge >= 0.3 is 0 Å². The Labute approximate surface area is 112 Å². The summed E-state index contributed by atoms with van der Waals surface area (Å²) in [4.78, 5) is 4.75. The lowest BCUT2D eigenvalue weighted by Crippen LogP contribution is -2.47. The first kappa shape index (κ1) is 13.4. The van der Waals surface area contributed by atoms with E-state index >= 15 is 0 Å². The molecule has 96 valence electrons. The second kappa shape index (κ2) is 4.56.